The minimum atomic E-state index is -0.174. The summed E-state index contributed by atoms with van der Waals surface area (Å²) < 4.78 is 5.41. The van der Waals surface area contributed by atoms with Crippen LogP contribution in [0.15, 0.2) is 23.0 Å². The van der Waals surface area contributed by atoms with Crippen molar-refractivity contribution in [1.29, 1.82) is 0 Å². The van der Waals surface area contributed by atoms with Crippen LogP contribution in [-0.4, -0.2) is 23.0 Å². The molecule has 0 aliphatic heterocycles. The molecule has 6 nitrogen and oxygen atoms in total. The Morgan fingerprint density at radius 1 is 1.38 bits per heavy atom. The zero-order chi connectivity index (χ0) is 20.5. The van der Waals surface area contributed by atoms with E-state index < -0.39 is 0 Å². The Hall–Kier alpha value is -2.67. The van der Waals surface area contributed by atoms with Crippen molar-refractivity contribution in [3.05, 3.63) is 55.9 Å². The number of hydrogen-bond donors (Lipinski definition) is 2. The normalized spacial score (nSPS) is 14.0. The number of rotatable bonds is 6. The minimum absolute atomic E-state index is 0.0809. The number of fused-ring (bicyclic) bond motifs is 3. The minimum Gasteiger partial charge on any atom is -0.496 e. The number of nitrogens with zero attached hydrogens (tertiary/aromatic N) is 1. The van der Waals surface area contributed by atoms with Crippen LogP contribution in [0.25, 0.3) is 10.2 Å². The number of aryl methyl sites for hydroxylation is 4. The second-order valence-corrected chi connectivity index (χ2v) is 8.67. The molecule has 0 saturated carbocycles. The number of carbonyl (C=O) groups is 1. The van der Waals surface area contributed by atoms with Crippen LogP contribution in [0.5, 0.6) is 5.75 Å². The van der Waals surface area contributed by atoms with Gasteiger partial charge in [0, 0.05) is 23.3 Å². The first-order valence-electron chi connectivity index (χ1n) is 9.93. The monoisotopic (exact) mass is 411 g/mol. The van der Waals surface area contributed by atoms with E-state index in [4.69, 9.17) is 4.74 Å². The van der Waals surface area contributed by atoms with Crippen LogP contribution in [0, 0.1) is 6.92 Å². The van der Waals surface area contributed by atoms with Gasteiger partial charge in [-0.2, -0.15) is 0 Å². The third-order valence-electron chi connectivity index (χ3n) is 5.44. The molecule has 1 aromatic carbocycles. The van der Waals surface area contributed by atoms with Crippen molar-refractivity contribution < 1.29 is 9.53 Å². The van der Waals surface area contributed by atoms with Crippen LogP contribution >= 0.6 is 11.3 Å². The highest BCUT2D eigenvalue weighted by Crippen LogP contribution is 2.34. The summed E-state index contributed by atoms with van der Waals surface area (Å²) in [5.74, 6) is 1.24. The van der Waals surface area contributed by atoms with Crippen LogP contribution < -0.4 is 15.6 Å². The van der Waals surface area contributed by atoms with E-state index in [0.717, 1.165) is 46.4 Å². The maximum atomic E-state index is 12.5. The molecule has 0 radical (unpaired) electrons. The Morgan fingerprint density at radius 3 is 3.00 bits per heavy atom. The number of hydrogen-bond acceptors (Lipinski definition) is 5. The maximum Gasteiger partial charge on any atom is 0.259 e. The average molecular weight is 412 g/mol. The third kappa shape index (κ3) is 3.92. The first kappa shape index (κ1) is 19.6. The van der Waals surface area contributed by atoms with Crippen LogP contribution in [0.1, 0.15) is 53.2 Å². The number of benzene rings is 1. The van der Waals surface area contributed by atoms with Crippen molar-refractivity contribution >= 4 is 27.5 Å². The summed E-state index contributed by atoms with van der Waals surface area (Å²) in [5, 5.41) is 3.76. The van der Waals surface area contributed by atoms with Gasteiger partial charge in [0.1, 0.15) is 16.4 Å². The van der Waals surface area contributed by atoms with Gasteiger partial charge in [0.15, 0.2) is 0 Å². The molecular formula is C22H25N3O3S. The predicted octanol–water partition coefficient (Wildman–Crippen LogP) is 3.60. The lowest BCUT2D eigenvalue weighted by Crippen LogP contribution is -2.27. The van der Waals surface area contributed by atoms with Gasteiger partial charge >= 0.3 is 0 Å². The molecule has 1 aliphatic carbocycles. The van der Waals surface area contributed by atoms with Gasteiger partial charge in [-0.25, -0.2) is 4.98 Å². The number of methoxy groups -OCH3 is 1. The van der Waals surface area contributed by atoms with Gasteiger partial charge < -0.3 is 15.0 Å². The van der Waals surface area contributed by atoms with Crippen molar-refractivity contribution in [3.63, 3.8) is 0 Å². The molecule has 1 atom stereocenters. The van der Waals surface area contributed by atoms with Crippen LogP contribution in [0.4, 0.5) is 0 Å². The Balaban J connectivity index is 1.43. The van der Waals surface area contributed by atoms with Crippen molar-refractivity contribution in [1.82, 2.24) is 15.3 Å². The molecule has 3 aromatic rings. The second-order valence-electron chi connectivity index (χ2n) is 7.58. The quantitative estimate of drug-likeness (QED) is 0.649. The number of aromatic nitrogens is 2. The molecule has 2 aromatic heterocycles. The molecule has 0 spiro atoms. The number of aromatic amines is 1. The van der Waals surface area contributed by atoms with E-state index in [0.29, 0.717) is 12.2 Å². The number of nitrogens with one attached hydrogen (secondary N) is 2. The topological polar surface area (TPSA) is 84.1 Å². The first-order valence-corrected chi connectivity index (χ1v) is 10.7. The lowest BCUT2D eigenvalue weighted by molar-refractivity contribution is -0.121. The Morgan fingerprint density at radius 2 is 2.21 bits per heavy atom. The zero-order valence-corrected chi connectivity index (χ0v) is 17.7. The summed E-state index contributed by atoms with van der Waals surface area (Å²) in [5.41, 5.74) is 3.15. The molecule has 1 aliphatic rings. The summed E-state index contributed by atoms with van der Waals surface area (Å²) in [6.45, 7) is 3.95. The highest BCUT2D eigenvalue weighted by atomic mass is 32.1. The van der Waals surface area contributed by atoms with Crippen LogP contribution in [-0.2, 0) is 24.1 Å². The third-order valence-corrected chi connectivity index (χ3v) is 6.63. The van der Waals surface area contributed by atoms with Gasteiger partial charge in [-0.15, -0.1) is 11.3 Å². The summed E-state index contributed by atoms with van der Waals surface area (Å²) in [6.07, 6.45) is 3.77. The highest BCUT2D eigenvalue weighted by molar-refractivity contribution is 7.18. The molecule has 29 heavy (non-hydrogen) atoms. The van der Waals surface area contributed by atoms with Gasteiger partial charge in [-0.1, -0.05) is 17.7 Å². The van der Waals surface area contributed by atoms with Gasteiger partial charge in [-0.3, -0.25) is 9.59 Å². The van der Waals surface area contributed by atoms with Crippen molar-refractivity contribution in [2.24, 2.45) is 0 Å². The maximum absolute atomic E-state index is 12.5. The fourth-order valence-electron chi connectivity index (χ4n) is 3.98. The van der Waals surface area contributed by atoms with E-state index in [1.165, 1.54) is 10.4 Å². The Kier molecular flexibility index (Phi) is 5.41. The smallest absolute Gasteiger partial charge is 0.259 e. The van der Waals surface area contributed by atoms with E-state index in [9.17, 15) is 9.59 Å². The molecule has 0 saturated heterocycles. The van der Waals surface area contributed by atoms with E-state index in [1.807, 2.05) is 32.0 Å². The van der Waals surface area contributed by atoms with Crippen molar-refractivity contribution in [3.8, 4) is 5.75 Å². The van der Waals surface area contributed by atoms with Gasteiger partial charge in [0.05, 0.1) is 18.5 Å². The lowest BCUT2D eigenvalue weighted by Gasteiger charge is -2.18. The van der Waals surface area contributed by atoms with Gasteiger partial charge in [-0.05, 0) is 44.7 Å². The second kappa shape index (κ2) is 7.99. The standard InChI is InChI=1S/C22H25N3O3S/c1-12-7-8-16(28-3)15(11-12)13(2)23-19(26)10-9-18-24-21(27)20-14-5-4-6-17(14)29-22(20)25-18/h7-8,11,13H,4-6,9-10H2,1-3H3,(H,23,26)(H,24,25,27). The highest BCUT2D eigenvalue weighted by Gasteiger charge is 2.21. The summed E-state index contributed by atoms with van der Waals surface area (Å²) in [6, 6.07) is 5.74. The fraction of sp³-hybridized carbons (Fsp3) is 0.409. The van der Waals surface area contributed by atoms with Crippen molar-refractivity contribution in [2.75, 3.05) is 7.11 Å². The Bertz CT molecular complexity index is 1130. The van der Waals surface area contributed by atoms with Crippen molar-refractivity contribution in [2.45, 2.75) is 52.0 Å². The summed E-state index contributed by atoms with van der Waals surface area (Å²) in [7, 11) is 1.63. The van der Waals surface area contributed by atoms with E-state index >= 15 is 0 Å². The molecule has 2 heterocycles. The number of H-pyrrole nitrogens is 1. The molecule has 4 rings (SSSR count). The SMILES string of the molecule is COc1ccc(C)cc1C(C)NC(=O)CCc1nc2sc3c(c2c(=O)[nH]1)CCC3. The predicted molar refractivity (Wildman–Crippen MR) is 115 cm³/mol. The van der Waals surface area contributed by atoms with Crippen LogP contribution in [0.3, 0.4) is 0 Å². The molecule has 152 valence electrons. The lowest BCUT2D eigenvalue weighted by atomic mass is 10.0. The van der Waals surface area contributed by atoms with Crippen LogP contribution in [0.2, 0.25) is 0 Å². The fourth-order valence-corrected chi connectivity index (χ4v) is 5.26. The largest absolute Gasteiger partial charge is 0.496 e. The average Bonchev–Trinajstić information content (AvgIpc) is 3.27. The summed E-state index contributed by atoms with van der Waals surface area (Å²) in [4.78, 5) is 34.6. The van der Waals surface area contributed by atoms with E-state index in [1.54, 1.807) is 18.4 Å². The van der Waals surface area contributed by atoms with E-state index in [2.05, 4.69) is 15.3 Å². The number of amides is 1. The molecular weight excluding hydrogens is 386 g/mol. The number of thiophene rings is 1. The summed E-state index contributed by atoms with van der Waals surface area (Å²) >= 11 is 1.62. The number of ether oxygens (including phenoxy) is 1. The van der Waals surface area contributed by atoms with E-state index in [-0.39, 0.29) is 23.9 Å². The Labute approximate surface area is 173 Å². The molecule has 1 unspecified atom stereocenters. The number of carbonyl (C=O) groups excluding carboxylic acids is 1. The van der Waals surface area contributed by atoms with Gasteiger partial charge in [0.2, 0.25) is 5.91 Å². The zero-order valence-electron chi connectivity index (χ0n) is 16.9. The molecule has 7 heteroatoms. The molecule has 1 amide bonds. The molecule has 0 fully saturated rings. The first-order chi connectivity index (χ1) is 14.0. The molecule has 0 bridgehead atoms. The molecule has 2 N–H and O–H groups in total. The van der Waals surface area contributed by atoms with Gasteiger partial charge in [0.25, 0.3) is 5.56 Å².